The summed E-state index contributed by atoms with van der Waals surface area (Å²) in [6.07, 6.45) is 5.59. The van der Waals surface area contributed by atoms with Gasteiger partial charge in [-0.2, -0.15) is 0 Å². The van der Waals surface area contributed by atoms with Crippen LogP contribution >= 0.6 is 0 Å². The minimum atomic E-state index is 0.105. The molecule has 0 aliphatic carbocycles. The van der Waals surface area contributed by atoms with E-state index in [1.807, 2.05) is 25.4 Å². The molecule has 1 unspecified atom stereocenters. The Kier molecular flexibility index (Phi) is 3.64. The van der Waals surface area contributed by atoms with Gasteiger partial charge in [-0.25, -0.2) is 4.98 Å². The van der Waals surface area contributed by atoms with Gasteiger partial charge in [0, 0.05) is 24.5 Å². The van der Waals surface area contributed by atoms with Gasteiger partial charge in [-0.15, -0.1) is 0 Å². The standard InChI is InChI=1S/C13H19N3O/c1-4-14-12(11-6-9-17-10(11)3)13-15-7-8-16(13)5-2/h6-9,12,14H,4-5H2,1-3H3. The van der Waals surface area contributed by atoms with E-state index in [1.165, 1.54) is 0 Å². The summed E-state index contributed by atoms with van der Waals surface area (Å²) in [5.41, 5.74) is 1.16. The summed E-state index contributed by atoms with van der Waals surface area (Å²) in [6, 6.07) is 2.12. The van der Waals surface area contributed by atoms with Gasteiger partial charge in [-0.05, 0) is 26.5 Å². The van der Waals surface area contributed by atoms with Crippen molar-refractivity contribution >= 4 is 0 Å². The maximum atomic E-state index is 5.39. The molecular weight excluding hydrogens is 214 g/mol. The van der Waals surface area contributed by atoms with Gasteiger partial charge in [0.2, 0.25) is 0 Å². The molecule has 17 heavy (non-hydrogen) atoms. The van der Waals surface area contributed by atoms with Gasteiger partial charge in [-0.1, -0.05) is 6.92 Å². The molecule has 0 bridgehead atoms. The zero-order chi connectivity index (χ0) is 12.3. The van der Waals surface area contributed by atoms with Crippen molar-refractivity contribution in [2.24, 2.45) is 0 Å². The molecule has 0 aliphatic heterocycles. The Labute approximate surface area is 102 Å². The summed E-state index contributed by atoms with van der Waals surface area (Å²) in [7, 11) is 0. The molecule has 92 valence electrons. The monoisotopic (exact) mass is 233 g/mol. The molecule has 4 nitrogen and oxygen atoms in total. The average molecular weight is 233 g/mol. The first kappa shape index (κ1) is 11.9. The summed E-state index contributed by atoms with van der Waals surface area (Å²) in [4.78, 5) is 4.46. The second-order valence-corrected chi connectivity index (χ2v) is 3.99. The molecule has 0 aromatic carbocycles. The number of hydrogen-bond acceptors (Lipinski definition) is 3. The number of nitrogens with zero attached hydrogens (tertiary/aromatic N) is 2. The normalized spacial score (nSPS) is 12.9. The number of nitrogens with one attached hydrogen (secondary N) is 1. The lowest BCUT2D eigenvalue weighted by Gasteiger charge is -2.18. The predicted molar refractivity (Wildman–Crippen MR) is 66.9 cm³/mol. The minimum Gasteiger partial charge on any atom is -0.469 e. The molecule has 1 atom stereocenters. The van der Waals surface area contributed by atoms with E-state index in [2.05, 4.69) is 28.7 Å². The van der Waals surface area contributed by atoms with Gasteiger partial charge < -0.3 is 14.3 Å². The molecule has 2 aromatic heterocycles. The first-order valence-corrected chi connectivity index (χ1v) is 6.06. The van der Waals surface area contributed by atoms with Crippen LogP contribution in [-0.2, 0) is 6.54 Å². The maximum Gasteiger partial charge on any atom is 0.130 e. The maximum absolute atomic E-state index is 5.39. The second kappa shape index (κ2) is 5.19. The Morgan fingerprint density at radius 3 is 2.88 bits per heavy atom. The van der Waals surface area contributed by atoms with Crippen molar-refractivity contribution in [3.05, 3.63) is 41.9 Å². The first-order valence-electron chi connectivity index (χ1n) is 6.06. The molecule has 0 amide bonds. The molecule has 2 aromatic rings. The van der Waals surface area contributed by atoms with E-state index in [4.69, 9.17) is 4.42 Å². The third-order valence-electron chi connectivity index (χ3n) is 2.96. The molecule has 0 fully saturated rings. The quantitative estimate of drug-likeness (QED) is 0.862. The van der Waals surface area contributed by atoms with Crippen LogP contribution in [0.3, 0.4) is 0 Å². The van der Waals surface area contributed by atoms with Crippen LogP contribution in [0.5, 0.6) is 0 Å². The number of aromatic nitrogens is 2. The Balaban J connectivity index is 2.39. The van der Waals surface area contributed by atoms with Crippen molar-refractivity contribution in [3.63, 3.8) is 0 Å². The predicted octanol–water partition coefficient (Wildman–Crippen LogP) is 2.50. The van der Waals surface area contributed by atoms with E-state index in [0.717, 1.165) is 30.2 Å². The molecule has 0 spiro atoms. The number of imidazole rings is 1. The summed E-state index contributed by atoms with van der Waals surface area (Å²) in [5, 5.41) is 3.46. The lowest BCUT2D eigenvalue weighted by Crippen LogP contribution is -2.25. The van der Waals surface area contributed by atoms with Crippen LogP contribution in [0.25, 0.3) is 0 Å². The van der Waals surface area contributed by atoms with Gasteiger partial charge in [0.1, 0.15) is 11.6 Å². The van der Waals surface area contributed by atoms with E-state index >= 15 is 0 Å². The third kappa shape index (κ3) is 2.26. The Bertz CT molecular complexity index is 472. The van der Waals surface area contributed by atoms with Crippen LogP contribution in [-0.4, -0.2) is 16.1 Å². The average Bonchev–Trinajstić information content (AvgIpc) is 2.94. The fourth-order valence-electron chi connectivity index (χ4n) is 2.09. The van der Waals surface area contributed by atoms with E-state index in [-0.39, 0.29) is 6.04 Å². The molecule has 4 heteroatoms. The second-order valence-electron chi connectivity index (χ2n) is 3.99. The molecular formula is C13H19N3O. The summed E-state index contributed by atoms with van der Waals surface area (Å²) < 4.78 is 7.54. The lowest BCUT2D eigenvalue weighted by atomic mass is 10.1. The first-order chi connectivity index (χ1) is 8.27. The van der Waals surface area contributed by atoms with Crippen molar-refractivity contribution in [3.8, 4) is 0 Å². The van der Waals surface area contributed by atoms with E-state index in [9.17, 15) is 0 Å². The molecule has 0 saturated carbocycles. The fourth-order valence-corrected chi connectivity index (χ4v) is 2.09. The fraction of sp³-hybridized carbons (Fsp3) is 0.462. The van der Waals surface area contributed by atoms with E-state index in [1.54, 1.807) is 6.26 Å². The van der Waals surface area contributed by atoms with Gasteiger partial charge in [0.25, 0.3) is 0 Å². The van der Waals surface area contributed by atoms with Gasteiger partial charge >= 0.3 is 0 Å². The van der Waals surface area contributed by atoms with Crippen LogP contribution in [0.2, 0.25) is 0 Å². The number of rotatable bonds is 5. The Hall–Kier alpha value is -1.55. The topological polar surface area (TPSA) is 43.0 Å². The van der Waals surface area contributed by atoms with Crippen molar-refractivity contribution in [2.45, 2.75) is 33.4 Å². The van der Waals surface area contributed by atoms with Crippen LogP contribution in [0, 0.1) is 6.92 Å². The molecule has 1 N–H and O–H groups in total. The zero-order valence-electron chi connectivity index (χ0n) is 10.6. The third-order valence-corrected chi connectivity index (χ3v) is 2.96. The highest BCUT2D eigenvalue weighted by atomic mass is 16.3. The van der Waals surface area contributed by atoms with Crippen molar-refractivity contribution in [2.75, 3.05) is 6.54 Å². The highest BCUT2D eigenvalue weighted by Gasteiger charge is 2.20. The van der Waals surface area contributed by atoms with Gasteiger partial charge in [0.15, 0.2) is 0 Å². The Morgan fingerprint density at radius 1 is 1.47 bits per heavy atom. The highest BCUT2D eigenvalue weighted by molar-refractivity contribution is 5.26. The van der Waals surface area contributed by atoms with Crippen molar-refractivity contribution < 1.29 is 4.42 Å². The summed E-state index contributed by atoms with van der Waals surface area (Å²) in [6.45, 7) is 8.02. The zero-order valence-corrected chi connectivity index (χ0v) is 10.6. The molecule has 2 heterocycles. The number of hydrogen-bond donors (Lipinski definition) is 1. The number of aryl methyl sites for hydroxylation is 2. The lowest BCUT2D eigenvalue weighted by molar-refractivity contribution is 0.509. The van der Waals surface area contributed by atoms with Crippen LogP contribution in [0.1, 0.15) is 37.0 Å². The largest absolute Gasteiger partial charge is 0.469 e. The van der Waals surface area contributed by atoms with Gasteiger partial charge in [-0.3, -0.25) is 0 Å². The molecule has 0 radical (unpaired) electrons. The van der Waals surface area contributed by atoms with Crippen LogP contribution < -0.4 is 5.32 Å². The van der Waals surface area contributed by atoms with Crippen molar-refractivity contribution in [1.82, 2.24) is 14.9 Å². The minimum absolute atomic E-state index is 0.105. The Morgan fingerprint density at radius 2 is 2.29 bits per heavy atom. The smallest absolute Gasteiger partial charge is 0.130 e. The van der Waals surface area contributed by atoms with Gasteiger partial charge in [0.05, 0.1) is 12.3 Å². The molecule has 0 saturated heterocycles. The highest BCUT2D eigenvalue weighted by Crippen LogP contribution is 2.24. The number of furan rings is 1. The summed E-state index contributed by atoms with van der Waals surface area (Å²) in [5.74, 6) is 1.99. The SMILES string of the molecule is CCNC(c1ccoc1C)c1nccn1CC. The van der Waals surface area contributed by atoms with E-state index in [0.29, 0.717) is 0 Å². The summed E-state index contributed by atoms with van der Waals surface area (Å²) >= 11 is 0. The van der Waals surface area contributed by atoms with Crippen molar-refractivity contribution in [1.29, 1.82) is 0 Å². The van der Waals surface area contributed by atoms with E-state index < -0.39 is 0 Å². The molecule has 2 rings (SSSR count). The van der Waals surface area contributed by atoms with Crippen LogP contribution in [0.4, 0.5) is 0 Å². The molecule has 0 aliphatic rings. The van der Waals surface area contributed by atoms with Crippen LogP contribution in [0.15, 0.2) is 29.1 Å².